The van der Waals surface area contributed by atoms with Crippen molar-refractivity contribution >= 4 is 17.9 Å². The third kappa shape index (κ3) is 69.5. The molecule has 6 nitrogen and oxygen atoms in total. The number of esters is 3. The Morgan fingerprint density at radius 2 is 0.494 bits per heavy atom. The summed E-state index contributed by atoms with van der Waals surface area (Å²) in [4.78, 5) is 38.4. The van der Waals surface area contributed by atoms with Crippen LogP contribution >= 0.6 is 0 Å². The van der Waals surface area contributed by atoms with E-state index in [1.165, 1.54) is 263 Å². The number of carbonyl (C=O) groups is 3. The SMILES string of the molecule is CC/C=C\C/C=C\C/C=C\C/C=C\CCC(=O)OCC(COC(=O)CCCCCCCCCCCCCCCCCCCCC/C=C\C/C=C\CCCCCCC)OC(=O)CCCCCCCCCCCCCCCCCCCCCCC. The number of ether oxygens (including phenoxy) is 3. The first kappa shape index (κ1) is 79.8. The first-order chi connectivity index (χ1) is 41.0. The molecule has 482 valence electrons. The molecule has 0 heterocycles. The van der Waals surface area contributed by atoms with Crippen molar-refractivity contribution in [2.45, 2.75) is 386 Å². The third-order valence-corrected chi connectivity index (χ3v) is 16.2. The van der Waals surface area contributed by atoms with Crippen LogP contribution in [-0.2, 0) is 28.6 Å². The van der Waals surface area contributed by atoms with E-state index in [4.69, 9.17) is 14.2 Å². The van der Waals surface area contributed by atoms with Crippen molar-refractivity contribution in [1.29, 1.82) is 0 Å². The van der Waals surface area contributed by atoms with Crippen molar-refractivity contribution in [2.75, 3.05) is 13.2 Å². The summed E-state index contributed by atoms with van der Waals surface area (Å²) < 4.78 is 16.9. The highest BCUT2D eigenvalue weighted by Crippen LogP contribution is 2.18. The fourth-order valence-corrected chi connectivity index (χ4v) is 10.8. The van der Waals surface area contributed by atoms with Crippen molar-refractivity contribution in [2.24, 2.45) is 0 Å². The van der Waals surface area contributed by atoms with E-state index < -0.39 is 6.10 Å². The van der Waals surface area contributed by atoms with Gasteiger partial charge in [0.05, 0.1) is 0 Å². The second-order valence-corrected chi connectivity index (χ2v) is 24.5. The van der Waals surface area contributed by atoms with E-state index in [2.05, 4.69) is 87.6 Å². The molecule has 6 heteroatoms. The Kier molecular flexibility index (Phi) is 68.6. The molecular weight excluding hydrogens is 1020 g/mol. The summed E-state index contributed by atoms with van der Waals surface area (Å²) in [5, 5.41) is 0. The molecule has 0 spiro atoms. The van der Waals surface area contributed by atoms with Gasteiger partial charge in [0.1, 0.15) is 13.2 Å². The Labute approximate surface area is 516 Å². The van der Waals surface area contributed by atoms with Crippen molar-refractivity contribution in [1.82, 2.24) is 0 Å². The van der Waals surface area contributed by atoms with Crippen LogP contribution < -0.4 is 0 Å². The second kappa shape index (κ2) is 71.3. The van der Waals surface area contributed by atoms with Gasteiger partial charge in [-0.05, 0) is 77.0 Å². The summed E-state index contributed by atoms with van der Waals surface area (Å²) in [5.74, 6) is -0.954. The molecule has 0 aromatic heterocycles. The topological polar surface area (TPSA) is 78.9 Å². The van der Waals surface area contributed by atoms with Gasteiger partial charge in [-0.15, -0.1) is 0 Å². The Morgan fingerprint density at radius 3 is 0.807 bits per heavy atom. The summed E-state index contributed by atoms with van der Waals surface area (Å²) in [6, 6.07) is 0. The van der Waals surface area contributed by atoms with E-state index in [1.54, 1.807) is 0 Å². The average Bonchev–Trinajstić information content (AvgIpc) is 3.49. The quantitative estimate of drug-likeness (QED) is 0.0261. The third-order valence-electron chi connectivity index (χ3n) is 16.2. The number of allylic oxidation sites excluding steroid dienone is 12. The van der Waals surface area contributed by atoms with Crippen LogP contribution in [0.5, 0.6) is 0 Å². The molecule has 1 atom stereocenters. The zero-order valence-corrected chi connectivity index (χ0v) is 55.5. The molecule has 83 heavy (non-hydrogen) atoms. The van der Waals surface area contributed by atoms with Crippen LogP contribution in [0.4, 0.5) is 0 Å². The monoisotopic (exact) mass is 1160 g/mol. The fraction of sp³-hybridized carbons (Fsp3) is 0.805. The van der Waals surface area contributed by atoms with Crippen molar-refractivity contribution in [3.05, 3.63) is 72.9 Å². The Balaban J connectivity index is 4.20. The van der Waals surface area contributed by atoms with Crippen LogP contribution in [-0.4, -0.2) is 37.2 Å². The van der Waals surface area contributed by atoms with Crippen LogP contribution in [0.1, 0.15) is 380 Å². The summed E-state index contributed by atoms with van der Waals surface area (Å²) in [6.07, 6.45) is 94.0. The maximum absolute atomic E-state index is 12.9. The lowest BCUT2D eigenvalue weighted by Gasteiger charge is -2.18. The first-order valence-corrected chi connectivity index (χ1v) is 36.4. The molecule has 0 saturated carbocycles. The minimum Gasteiger partial charge on any atom is -0.462 e. The van der Waals surface area contributed by atoms with Crippen molar-refractivity contribution in [3.8, 4) is 0 Å². The number of hydrogen-bond donors (Lipinski definition) is 0. The van der Waals surface area contributed by atoms with E-state index in [0.717, 1.165) is 70.6 Å². The molecule has 0 radical (unpaired) electrons. The van der Waals surface area contributed by atoms with Crippen LogP contribution in [0.15, 0.2) is 72.9 Å². The molecular formula is C77H138O6. The second-order valence-electron chi connectivity index (χ2n) is 24.5. The molecule has 0 aromatic rings. The smallest absolute Gasteiger partial charge is 0.306 e. The lowest BCUT2D eigenvalue weighted by atomic mass is 10.0. The van der Waals surface area contributed by atoms with Crippen LogP contribution in [0, 0.1) is 0 Å². The van der Waals surface area contributed by atoms with Gasteiger partial charge in [0.15, 0.2) is 6.10 Å². The van der Waals surface area contributed by atoms with E-state index in [-0.39, 0.29) is 37.5 Å². The standard InChI is InChI=1S/C77H138O6/c1-4-7-10-13-16-19-22-25-27-29-31-33-34-35-36-37-38-39-40-41-42-44-45-47-49-52-55-58-61-64-67-70-76(79)82-73-74(72-81-75(78)69-66-63-60-57-54-51-24-21-18-15-12-9-6-3)83-77(80)71-68-65-62-59-56-53-50-48-46-43-32-30-28-26-23-20-17-14-11-8-5-2/h9,12,18,21-22,25,29,31,51,54,60,63,74H,4-8,10-11,13-17,19-20,23-24,26-28,30,32-50,52-53,55-59,61-62,64-73H2,1-3H3/b12-9-,21-18-,25-22-,31-29-,54-51-,63-60-. The Morgan fingerprint density at radius 1 is 0.253 bits per heavy atom. The van der Waals surface area contributed by atoms with Crippen molar-refractivity contribution in [3.63, 3.8) is 0 Å². The summed E-state index contributed by atoms with van der Waals surface area (Å²) >= 11 is 0. The van der Waals surface area contributed by atoms with Gasteiger partial charge >= 0.3 is 17.9 Å². The molecule has 0 saturated heterocycles. The summed E-state index contributed by atoms with van der Waals surface area (Å²) in [5.41, 5.74) is 0. The minimum absolute atomic E-state index is 0.0924. The molecule has 0 aliphatic heterocycles. The van der Waals surface area contributed by atoms with E-state index >= 15 is 0 Å². The summed E-state index contributed by atoms with van der Waals surface area (Å²) in [7, 11) is 0. The lowest BCUT2D eigenvalue weighted by Crippen LogP contribution is -2.30. The highest BCUT2D eigenvalue weighted by atomic mass is 16.6. The molecule has 0 amide bonds. The highest BCUT2D eigenvalue weighted by molar-refractivity contribution is 5.71. The predicted octanol–water partition coefficient (Wildman–Crippen LogP) is 25.2. The largest absolute Gasteiger partial charge is 0.462 e. The van der Waals surface area contributed by atoms with Crippen LogP contribution in [0.25, 0.3) is 0 Å². The normalized spacial score (nSPS) is 12.5. The number of hydrogen-bond acceptors (Lipinski definition) is 6. The number of unbranched alkanes of at least 4 members (excludes halogenated alkanes) is 44. The molecule has 0 aliphatic rings. The Hall–Kier alpha value is -3.15. The predicted molar refractivity (Wildman–Crippen MR) is 362 cm³/mol. The first-order valence-electron chi connectivity index (χ1n) is 36.4. The maximum Gasteiger partial charge on any atom is 0.306 e. The average molecular weight is 1160 g/mol. The number of rotatable bonds is 67. The molecule has 0 bridgehead atoms. The van der Waals surface area contributed by atoms with Crippen molar-refractivity contribution < 1.29 is 28.6 Å². The molecule has 0 N–H and O–H groups in total. The zero-order chi connectivity index (χ0) is 59.9. The molecule has 0 fully saturated rings. The molecule has 1 unspecified atom stereocenters. The van der Waals surface area contributed by atoms with E-state index in [0.29, 0.717) is 19.3 Å². The van der Waals surface area contributed by atoms with Crippen LogP contribution in [0.3, 0.4) is 0 Å². The maximum atomic E-state index is 12.9. The minimum atomic E-state index is -0.803. The molecule has 0 aromatic carbocycles. The lowest BCUT2D eigenvalue weighted by molar-refractivity contribution is -0.166. The van der Waals surface area contributed by atoms with E-state index in [1.807, 2.05) is 6.08 Å². The van der Waals surface area contributed by atoms with Gasteiger partial charge < -0.3 is 14.2 Å². The van der Waals surface area contributed by atoms with Gasteiger partial charge in [-0.2, -0.15) is 0 Å². The van der Waals surface area contributed by atoms with Gasteiger partial charge in [-0.1, -0.05) is 357 Å². The molecule has 0 aliphatic carbocycles. The van der Waals surface area contributed by atoms with Gasteiger partial charge in [-0.3, -0.25) is 14.4 Å². The van der Waals surface area contributed by atoms with Gasteiger partial charge in [0.2, 0.25) is 0 Å². The zero-order valence-electron chi connectivity index (χ0n) is 55.5. The summed E-state index contributed by atoms with van der Waals surface area (Å²) in [6.45, 7) is 6.51. The van der Waals surface area contributed by atoms with Gasteiger partial charge in [0.25, 0.3) is 0 Å². The van der Waals surface area contributed by atoms with Gasteiger partial charge in [-0.25, -0.2) is 0 Å². The van der Waals surface area contributed by atoms with E-state index in [9.17, 15) is 14.4 Å². The fourth-order valence-electron chi connectivity index (χ4n) is 10.8. The van der Waals surface area contributed by atoms with Crippen LogP contribution in [0.2, 0.25) is 0 Å². The highest BCUT2D eigenvalue weighted by Gasteiger charge is 2.19. The molecule has 0 rings (SSSR count). The number of carbonyl (C=O) groups excluding carboxylic acids is 3. The Bertz CT molecular complexity index is 1520. The van der Waals surface area contributed by atoms with Gasteiger partial charge in [0, 0.05) is 19.3 Å².